The number of halogens is 1. The standard InChI is InChI=1S/C17H19BrN2OS/c1-12-10-13(6-7-14(12)18)19-17(21)11-20-8-2-4-15(20)16-5-3-9-22-16/h3,5-7,9-10,15H,2,4,8,11H2,1H3,(H,19,21)/t15-/m1/s1. The number of nitrogens with one attached hydrogen (secondary N) is 1. The Kier molecular flexibility index (Phi) is 4.96. The first-order valence-corrected chi connectivity index (χ1v) is 9.14. The second-order valence-electron chi connectivity index (χ2n) is 5.66. The van der Waals surface area contributed by atoms with Crippen molar-refractivity contribution in [3.8, 4) is 0 Å². The summed E-state index contributed by atoms with van der Waals surface area (Å²) in [5, 5.41) is 5.11. The summed E-state index contributed by atoms with van der Waals surface area (Å²) in [6.45, 7) is 3.47. The van der Waals surface area contributed by atoms with Crippen molar-refractivity contribution >= 4 is 38.9 Å². The Morgan fingerprint density at radius 1 is 1.45 bits per heavy atom. The Morgan fingerprint density at radius 2 is 2.32 bits per heavy atom. The van der Waals surface area contributed by atoms with E-state index in [0.29, 0.717) is 12.6 Å². The molecular formula is C17H19BrN2OS. The number of rotatable bonds is 4. The summed E-state index contributed by atoms with van der Waals surface area (Å²) in [4.78, 5) is 16.0. The highest BCUT2D eigenvalue weighted by atomic mass is 79.9. The molecule has 1 N–H and O–H groups in total. The van der Waals surface area contributed by atoms with E-state index in [2.05, 4.69) is 43.7 Å². The molecule has 0 radical (unpaired) electrons. The molecule has 0 unspecified atom stereocenters. The van der Waals surface area contributed by atoms with Crippen LogP contribution < -0.4 is 5.32 Å². The Morgan fingerprint density at radius 3 is 3.05 bits per heavy atom. The fourth-order valence-corrected chi connectivity index (χ4v) is 4.07. The Bertz CT molecular complexity index is 657. The maximum atomic E-state index is 12.3. The van der Waals surface area contributed by atoms with Crippen molar-refractivity contribution in [1.29, 1.82) is 0 Å². The van der Waals surface area contributed by atoms with Crippen molar-refractivity contribution < 1.29 is 4.79 Å². The van der Waals surface area contributed by atoms with Crippen LogP contribution in [0.1, 0.15) is 29.3 Å². The summed E-state index contributed by atoms with van der Waals surface area (Å²) in [6, 6.07) is 10.5. The van der Waals surface area contributed by atoms with Crippen LogP contribution in [0.3, 0.4) is 0 Å². The van der Waals surface area contributed by atoms with Crippen LogP contribution in [0.4, 0.5) is 5.69 Å². The van der Waals surface area contributed by atoms with Crippen molar-refractivity contribution in [3.63, 3.8) is 0 Å². The summed E-state index contributed by atoms with van der Waals surface area (Å²) in [6.07, 6.45) is 2.30. The maximum Gasteiger partial charge on any atom is 0.238 e. The quantitative estimate of drug-likeness (QED) is 0.843. The van der Waals surface area contributed by atoms with E-state index >= 15 is 0 Å². The van der Waals surface area contributed by atoms with Crippen LogP contribution in [0.2, 0.25) is 0 Å². The van der Waals surface area contributed by atoms with Gasteiger partial charge < -0.3 is 5.32 Å². The number of carbonyl (C=O) groups is 1. The largest absolute Gasteiger partial charge is 0.325 e. The first kappa shape index (κ1) is 15.7. The van der Waals surface area contributed by atoms with E-state index in [4.69, 9.17) is 0 Å². The molecule has 0 saturated carbocycles. The zero-order valence-corrected chi connectivity index (χ0v) is 14.9. The number of benzene rings is 1. The topological polar surface area (TPSA) is 32.3 Å². The molecule has 2 heterocycles. The van der Waals surface area contributed by atoms with Gasteiger partial charge in [-0.1, -0.05) is 22.0 Å². The SMILES string of the molecule is Cc1cc(NC(=O)CN2CCC[C@@H]2c2cccs2)ccc1Br. The Hall–Kier alpha value is -1.17. The zero-order valence-electron chi connectivity index (χ0n) is 12.5. The molecule has 1 atom stereocenters. The van der Waals surface area contributed by atoms with Gasteiger partial charge in [0, 0.05) is 21.1 Å². The van der Waals surface area contributed by atoms with Gasteiger partial charge in [0.15, 0.2) is 0 Å². The lowest BCUT2D eigenvalue weighted by atomic mass is 10.2. The molecule has 1 aromatic heterocycles. The average Bonchev–Trinajstić information content (AvgIpc) is 3.13. The van der Waals surface area contributed by atoms with Gasteiger partial charge >= 0.3 is 0 Å². The number of thiophene rings is 1. The second kappa shape index (κ2) is 6.94. The Labute approximate surface area is 143 Å². The van der Waals surface area contributed by atoms with E-state index < -0.39 is 0 Å². The molecular weight excluding hydrogens is 360 g/mol. The minimum atomic E-state index is 0.0604. The van der Waals surface area contributed by atoms with Gasteiger partial charge in [0.2, 0.25) is 5.91 Å². The van der Waals surface area contributed by atoms with Crippen molar-refractivity contribution in [2.75, 3.05) is 18.4 Å². The summed E-state index contributed by atoms with van der Waals surface area (Å²) < 4.78 is 1.06. The minimum Gasteiger partial charge on any atom is -0.325 e. The van der Waals surface area contributed by atoms with Crippen LogP contribution in [-0.2, 0) is 4.79 Å². The van der Waals surface area contributed by atoms with Gasteiger partial charge in [0.1, 0.15) is 0 Å². The highest BCUT2D eigenvalue weighted by Crippen LogP contribution is 2.34. The molecule has 3 nitrogen and oxygen atoms in total. The lowest BCUT2D eigenvalue weighted by molar-refractivity contribution is -0.117. The predicted molar refractivity (Wildman–Crippen MR) is 95.4 cm³/mol. The van der Waals surface area contributed by atoms with Gasteiger partial charge in [-0.15, -0.1) is 11.3 Å². The van der Waals surface area contributed by atoms with Crippen LogP contribution in [-0.4, -0.2) is 23.9 Å². The molecule has 5 heteroatoms. The number of nitrogens with zero attached hydrogens (tertiary/aromatic N) is 1. The number of likely N-dealkylation sites (tertiary alicyclic amines) is 1. The summed E-state index contributed by atoms with van der Waals surface area (Å²) >= 11 is 5.26. The lowest BCUT2D eigenvalue weighted by Gasteiger charge is -2.23. The fourth-order valence-electron chi connectivity index (χ4n) is 2.93. The first-order valence-electron chi connectivity index (χ1n) is 7.47. The summed E-state index contributed by atoms with van der Waals surface area (Å²) in [5.41, 5.74) is 1.98. The number of carbonyl (C=O) groups excluding carboxylic acids is 1. The van der Waals surface area contributed by atoms with Gasteiger partial charge in [-0.25, -0.2) is 0 Å². The van der Waals surface area contributed by atoms with Crippen LogP contribution in [0.15, 0.2) is 40.2 Å². The zero-order chi connectivity index (χ0) is 15.5. The van der Waals surface area contributed by atoms with Crippen LogP contribution >= 0.6 is 27.3 Å². The number of anilines is 1. The van der Waals surface area contributed by atoms with Crippen LogP contribution in [0.5, 0.6) is 0 Å². The van der Waals surface area contributed by atoms with E-state index in [1.807, 2.05) is 25.1 Å². The highest BCUT2D eigenvalue weighted by molar-refractivity contribution is 9.10. The predicted octanol–water partition coefficient (Wildman–Crippen LogP) is 4.59. The van der Waals surface area contributed by atoms with Crippen molar-refractivity contribution in [2.45, 2.75) is 25.8 Å². The van der Waals surface area contributed by atoms with E-state index in [9.17, 15) is 4.79 Å². The highest BCUT2D eigenvalue weighted by Gasteiger charge is 2.28. The summed E-state index contributed by atoms with van der Waals surface area (Å²) in [7, 11) is 0. The number of hydrogen-bond acceptors (Lipinski definition) is 3. The molecule has 1 saturated heterocycles. The first-order chi connectivity index (χ1) is 10.6. The van der Waals surface area contributed by atoms with Crippen molar-refractivity contribution in [1.82, 2.24) is 4.90 Å². The van der Waals surface area contributed by atoms with Crippen molar-refractivity contribution in [2.24, 2.45) is 0 Å². The van der Waals surface area contributed by atoms with Gasteiger partial charge in [-0.2, -0.15) is 0 Å². The molecule has 1 fully saturated rings. The molecule has 1 aliphatic heterocycles. The van der Waals surface area contributed by atoms with Crippen LogP contribution in [0, 0.1) is 6.92 Å². The molecule has 1 aliphatic rings. The third-order valence-electron chi connectivity index (χ3n) is 4.02. The molecule has 0 bridgehead atoms. The molecule has 0 spiro atoms. The molecule has 3 rings (SSSR count). The third kappa shape index (κ3) is 3.59. The molecule has 116 valence electrons. The molecule has 1 amide bonds. The van der Waals surface area contributed by atoms with Gasteiger partial charge in [-0.05, 0) is 61.5 Å². The number of amides is 1. The molecule has 0 aliphatic carbocycles. The number of aryl methyl sites for hydroxylation is 1. The summed E-state index contributed by atoms with van der Waals surface area (Å²) in [5.74, 6) is 0.0604. The van der Waals surface area contributed by atoms with E-state index in [-0.39, 0.29) is 5.91 Å². The van der Waals surface area contributed by atoms with Gasteiger partial charge in [0.25, 0.3) is 0 Å². The Balaban J connectivity index is 1.62. The second-order valence-corrected chi connectivity index (χ2v) is 7.49. The number of hydrogen-bond donors (Lipinski definition) is 1. The monoisotopic (exact) mass is 378 g/mol. The molecule has 1 aromatic carbocycles. The lowest BCUT2D eigenvalue weighted by Crippen LogP contribution is -2.32. The van der Waals surface area contributed by atoms with Gasteiger partial charge in [-0.3, -0.25) is 9.69 Å². The van der Waals surface area contributed by atoms with E-state index in [1.165, 1.54) is 4.88 Å². The average molecular weight is 379 g/mol. The van der Waals surface area contributed by atoms with Crippen molar-refractivity contribution in [3.05, 3.63) is 50.6 Å². The molecule has 2 aromatic rings. The normalized spacial score (nSPS) is 18.5. The fraction of sp³-hybridized carbons (Fsp3) is 0.353. The van der Waals surface area contributed by atoms with E-state index in [1.54, 1.807) is 11.3 Å². The maximum absolute atomic E-state index is 12.3. The minimum absolute atomic E-state index is 0.0604. The third-order valence-corrected chi connectivity index (χ3v) is 5.89. The smallest absolute Gasteiger partial charge is 0.238 e. The molecule has 22 heavy (non-hydrogen) atoms. The van der Waals surface area contributed by atoms with Gasteiger partial charge in [0.05, 0.1) is 6.54 Å². The van der Waals surface area contributed by atoms with E-state index in [0.717, 1.165) is 35.1 Å². The van der Waals surface area contributed by atoms with Crippen LogP contribution in [0.25, 0.3) is 0 Å².